The van der Waals surface area contributed by atoms with Crippen molar-refractivity contribution in [2.24, 2.45) is 0 Å². The number of carbonyl (C=O) groups excluding carboxylic acids is 3. The number of hydrogen-bond donors (Lipinski definition) is 0. The van der Waals surface area contributed by atoms with E-state index in [1.165, 1.54) is 0 Å². The molecule has 0 fully saturated rings. The van der Waals surface area contributed by atoms with E-state index in [4.69, 9.17) is 0 Å². The molecule has 0 radical (unpaired) electrons. The Hall–Kier alpha value is -1.25. The van der Waals surface area contributed by atoms with E-state index in [1.54, 1.807) is 0 Å². The molecule has 0 amide bonds. The van der Waals surface area contributed by atoms with Crippen molar-refractivity contribution in [3.63, 3.8) is 0 Å². The Morgan fingerprint density at radius 1 is 0.769 bits per heavy atom. The highest BCUT2D eigenvalue weighted by molar-refractivity contribution is 6.49. The van der Waals surface area contributed by atoms with Gasteiger partial charge in [0, 0.05) is 11.1 Å². The summed E-state index contributed by atoms with van der Waals surface area (Å²) in [5.74, 6) is -1.06. The third-order valence-electron chi connectivity index (χ3n) is 2.65. The maximum atomic E-state index is 11.4. The van der Waals surface area contributed by atoms with Gasteiger partial charge in [-0.25, -0.2) is 0 Å². The van der Waals surface area contributed by atoms with Crippen LogP contribution in [0.3, 0.4) is 0 Å². The van der Waals surface area contributed by atoms with Crippen LogP contribution in [0.2, 0.25) is 0 Å². The van der Waals surface area contributed by atoms with Gasteiger partial charge in [0.2, 0.25) is 11.6 Å². The van der Waals surface area contributed by atoms with Gasteiger partial charge in [-0.3, -0.25) is 14.4 Å². The van der Waals surface area contributed by atoms with Gasteiger partial charge in [-0.05, 0) is 25.7 Å². The first-order valence-corrected chi connectivity index (χ1v) is 4.53. The lowest BCUT2D eigenvalue weighted by molar-refractivity contribution is -0.137. The number of allylic oxidation sites excluding steroid dienone is 2. The van der Waals surface area contributed by atoms with E-state index >= 15 is 0 Å². The molecule has 0 aromatic heterocycles. The summed E-state index contributed by atoms with van der Waals surface area (Å²) in [4.78, 5) is 33.8. The highest BCUT2D eigenvalue weighted by atomic mass is 16.2. The number of Topliss-reactive ketones (excluding diaryl/α,β-unsaturated/α-hetero) is 3. The van der Waals surface area contributed by atoms with Crippen molar-refractivity contribution in [2.75, 3.05) is 0 Å². The van der Waals surface area contributed by atoms with Crippen LogP contribution in [0.4, 0.5) is 0 Å². The zero-order valence-electron chi connectivity index (χ0n) is 7.26. The van der Waals surface area contributed by atoms with Gasteiger partial charge in [0.25, 0.3) is 0 Å². The molecule has 0 bridgehead atoms. The number of carbonyl (C=O) groups is 3. The minimum atomic E-state index is -0.523. The van der Waals surface area contributed by atoms with E-state index in [-0.39, 0.29) is 12.2 Å². The van der Waals surface area contributed by atoms with Crippen molar-refractivity contribution < 1.29 is 14.4 Å². The molecule has 0 N–H and O–H groups in total. The maximum Gasteiger partial charge on any atom is 0.225 e. The largest absolute Gasteiger partial charge is 0.294 e. The molecule has 0 atom stereocenters. The fraction of sp³-hybridized carbons (Fsp3) is 0.500. The Bertz CT molecular complexity index is 336. The van der Waals surface area contributed by atoms with Gasteiger partial charge in [0.1, 0.15) is 0 Å². The van der Waals surface area contributed by atoms with Gasteiger partial charge in [0.15, 0.2) is 5.78 Å². The van der Waals surface area contributed by atoms with Crippen molar-refractivity contribution in [2.45, 2.75) is 32.1 Å². The molecule has 2 aliphatic carbocycles. The molecule has 2 aliphatic rings. The highest BCUT2D eigenvalue weighted by Crippen LogP contribution is 2.30. The van der Waals surface area contributed by atoms with Crippen molar-refractivity contribution in [1.29, 1.82) is 0 Å². The molecule has 0 saturated carbocycles. The van der Waals surface area contributed by atoms with Crippen LogP contribution in [0, 0.1) is 0 Å². The molecule has 2 rings (SSSR count). The summed E-state index contributed by atoms with van der Waals surface area (Å²) in [6, 6.07) is 0. The second-order valence-electron chi connectivity index (χ2n) is 3.52. The molecular weight excluding hydrogens is 168 g/mol. The molecular formula is C10H10O3. The molecule has 3 nitrogen and oxygen atoms in total. The molecule has 0 unspecified atom stereocenters. The Labute approximate surface area is 75.8 Å². The van der Waals surface area contributed by atoms with Crippen LogP contribution < -0.4 is 0 Å². The summed E-state index contributed by atoms with van der Waals surface area (Å²) in [6.07, 6.45) is 2.99. The van der Waals surface area contributed by atoms with Gasteiger partial charge in [0.05, 0.1) is 6.42 Å². The first-order chi connectivity index (χ1) is 6.20. The Morgan fingerprint density at radius 2 is 1.38 bits per heavy atom. The minimum Gasteiger partial charge on any atom is -0.294 e. The van der Waals surface area contributed by atoms with Crippen molar-refractivity contribution >= 4 is 17.3 Å². The zero-order chi connectivity index (χ0) is 9.42. The molecule has 68 valence electrons. The fourth-order valence-electron chi connectivity index (χ4n) is 1.96. The monoisotopic (exact) mass is 178 g/mol. The molecule has 3 heteroatoms. The van der Waals surface area contributed by atoms with Crippen LogP contribution in [-0.4, -0.2) is 17.3 Å². The van der Waals surface area contributed by atoms with E-state index < -0.39 is 11.6 Å². The topological polar surface area (TPSA) is 51.2 Å². The summed E-state index contributed by atoms with van der Waals surface area (Å²) in [5, 5.41) is 0. The standard InChI is InChI=1S/C10H10O3/c11-8-5-9(12)10(13)7-4-2-1-3-6(7)8/h1-5H2. The first kappa shape index (κ1) is 8.35. The molecule has 0 heterocycles. The van der Waals surface area contributed by atoms with E-state index in [1.807, 2.05) is 0 Å². The number of hydrogen-bond acceptors (Lipinski definition) is 3. The zero-order valence-corrected chi connectivity index (χ0v) is 7.26. The third kappa shape index (κ3) is 1.24. The predicted octanol–water partition coefficient (Wildman–Crippen LogP) is 0.968. The van der Waals surface area contributed by atoms with E-state index in [0.717, 1.165) is 12.8 Å². The molecule has 0 aliphatic heterocycles. The van der Waals surface area contributed by atoms with E-state index in [9.17, 15) is 14.4 Å². The van der Waals surface area contributed by atoms with Crippen molar-refractivity contribution in [3.8, 4) is 0 Å². The van der Waals surface area contributed by atoms with Gasteiger partial charge in [-0.2, -0.15) is 0 Å². The molecule has 0 spiro atoms. The lowest BCUT2D eigenvalue weighted by Crippen LogP contribution is -2.30. The fourth-order valence-corrected chi connectivity index (χ4v) is 1.96. The number of ketones is 3. The minimum absolute atomic E-state index is 0.126. The normalized spacial score (nSPS) is 23.5. The molecule has 0 saturated heterocycles. The Morgan fingerprint density at radius 3 is 2.08 bits per heavy atom. The third-order valence-corrected chi connectivity index (χ3v) is 2.65. The van der Waals surface area contributed by atoms with Crippen molar-refractivity contribution in [1.82, 2.24) is 0 Å². The second kappa shape index (κ2) is 2.91. The first-order valence-electron chi connectivity index (χ1n) is 4.53. The maximum absolute atomic E-state index is 11.4. The van der Waals surface area contributed by atoms with Crippen LogP contribution in [0.5, 0.6) is 0 Å². The predicted molar refractivity (Wildman–Crippen MR) is 45.1 cm³/mol. The quantitative estimate of drug-likeness (QED) is 0.410. The van der Waals surface area contributed by atoms with Gasteiger partial charge >= 0.3 is 0 Å². The Balaban J connectivity index is 2.46. The molecule has 0 aromatic carbocycles. The SMILES string of the molecule is O=C1CC(=O)C2=C(CCCC2)C1=O. The van der Waals surface area contributed by atoms with Crippen molar-refractivity contribution in [3.05, 3.63) is 11.1 Å². The van der Waals surface area contributed by atoms with E-state index in [2.05, 4.69) is 0 Å². The lowest BCUT2D eigenvalue weighted by Gasteiger charge is -2.21. The average Bonchev–Trinajstić information content (AvgIpc) is 2.15. The number of rotatable bonds is 0. The molecule has 0 aromatic rings. The van der Waals surface area contributed by atoms with E-state index in [0.29, 0.717) is 24.0 Å². The average molecular weight is 178 g/mol. The van der Waals surface area contributed by atoms with Crippen LogP contribution in [0.1, 0.15) is 32.1 Å². The lowest BCUT2D eigenvalue weighted by atomic mass is 9.80. The Kier molecular flexibility index (Phi) is 1.87. The van der Waals surface area contributed by atoms with Crippen LogP contribution in [0.15, 0.2) is 11.1 Å². The van der Waals surface area contributed by atoms with Gasteiger partial charge in [-0.1, -0.05) is 0 Å². The summed E-state index contributed by atoms with van der Waals surface area (Å²) in [5.41, 5.74) is 1.14. The summed E-state index contributed by atoms with van der Waals surface area (Å²) < 4.78 is 0. The van der Waals surface area contributed by atoms with Crippen LogP contribution in [0.25, 0.3) is 0 Å². The van der Waals surface area contributed by atoms with Gasteiger partial charge < -0.3 is 0 Å². The highest BCUT2D eigenvalue weighted by Gasteiger charge is 2.33. The second-order valence-corrected chi connectivity index (χ2v) is 3.52. The molecule has 13 heavy (non-hydrogen) atoms. The van der Waals surface area contributed by atoms with Crippen LogP contribution in [-0.2, 0) is 14.4 Å². The summed E-state index contributed by atoms with van der Waals surface area (Å²) in [7, 11) is 0. The van der Waals surface area contributed by atoms with Gasteiger partial charge in [-0.15, -0.1) is 0 Å². The van der Waals surface area contributed by atoms with Crippen LogP contribution >= 0.6 is 0 Å². The smallest absolute Gasteiger partial charge is 0.225 e. The summed E-state index contributed by atoms with van der Waals surface area (Å²) >= 11 is 0. The summed E-state index contributed by atoms with van der Waals surface area (Å²) in [6.45, 7) is 0.